The maximum absolute atomic E-state index is 10.7. The lowest BCUT2D eigenvalue weighted by molar-refractivity contribution is 0.0914. The fourth-order valence-electron chi connectivity index (χ4n) is 3.35. The number of fused-ring (bicyclic) bond motifs is 1. The van der Waals surface area contributed by atoms with Crippen LogP contribution in [0.15, 0.2) is 36.5 Å². The predicted octanol–water partition coefficient (Wildman–Crippen LogP) is 4.63. The molecule has 1 aromatic carbocycles. The molecular formula is C18H23NO. The molecule has 0 spiro atoms. The quantitative estimate of drug-likeness (QED) is 0.862. The SMILES string of the molecule is OC(c1ccc2ncccc2c1)C1CCCCCCC1. The summed E-state index contributed by atoms with van der Waals surface area (Å²) in [6, 6.07) is 10.2. The summed E-state index contributed by atoms with van der Waals surface area (Å²) in [5.41, 5.74) is 2.05. The highest BCUT2D eigenvalue weighted by Crippen LogP contribution is 2.33. The second kappa shape index (κ2) is 6.36. The summed E-state index contributed by atoms with van der Waals surface area (Å²) in [5.74, 6) is 0.421. The van der Waals surface area contributed by atoms with Crippen LogP contribution in [0.1, 0.15) is 56.6 Å². The van der Waals surface area contributed by atoms with Crippen LogP contribution in [0, 0.1) is 5.92 Å². The molecule has 1 fully saturated rings. The maximum Gasteiger partial charge on any atom is 0.0818 e. The van der Waals surface area contributed by atoms with Crippen molar-refractivity contribution >= 4 is 10.9 Å². The van der Waals surface area contributed by atoms with E-state index in [2.05, 4.69) is 17.1 Å². The lowest BCUT2D eigenvalue weighted by Gasteiger charge is -2.25. The lowest BCUT2D eigenvalue weighted by atomic mass is 9.84. The molecule has 1 unspecified atom stereocenters. The van der Waals surface area contributed by atoms with Gasteiger partial charge in [0.15, 0.2) is 0 Å². The van der Waals surface area contributed by atoms with Crippen molar-refractivity contribution < 1.29 is 5.11 Å². The van der Waals surface area contributed by atoms with Gasteiger partial charge in [0.05, 0.1) is 11.6 Å². The highest BCUT2D eigenvalue weighted by atomic mass is 16.3. The largest absolute Gasteiger partial charge is 0.388 e. The summed E-state index contributed by atoms with van der Waals surface area (Å²) >= 11 is 0. The number of benzene rings is 1. The van der Waals surface area contributed by atoms with E-state index in [-0.39, 0.29) is 6.10 Å². The van der Waals surface area contributed by atoms with Gasteiger partial charge in [-0.05, 0) is 42.5 Å². The van der Waals surface area contributed by atoms with Gasteiger partial charge < -0.3 is 5.11 Å². The summed E-state index contributed by atoms with van der Waals surface area (Å²) in [4.78, 5) is 4.34. The third kappa shape index (κ3) is 3.01. The van der Waals surface area contributed by atoms with Crippen molar-refractivity contribution in [2.75, 3.05) is 0 Å². The number of hydrogen-bond donors (Lipinski definition) is 1. The van der Waals surface area contributed by atoms with Crippen LogP contribution < -0.4 is 0 Å². The van der Waals surface area contributed by atoms with Crippen LogP contribution in [0.5, 0.6) is 0 Å². The van der Waals surface area contributed by atoms with Crippen molar-refractivity contribution in [3.8, 4) is 0 Å². The van der Waals surface area contributed by atoms with E-state index < -0.39 is 0 Å². The molecule has 1 saturated carbocycles. The monoisotopic (exact) mass is 269 g/mol. The van der Waals surface area contributed by atoms with Crippen LogP contribution in [0.2, 0.25) is 0 Å². The fraction of sp³-hybridized carbons (Fsp3) is 0.500. The molecule has 1 aliphatic carbocycles. The molecule has 0 saturated heterocycles. The first-order chi connectivity index (χ1) is 9.84. The van der Waals surface area contributed by atoms with Gasteiger partial charge in [-0.25, -0.2) is 0 Å². The molecule has 1 N–H and O–H groups in total. The van der Waals surface area contributed by atoms with Crippen molar-refractivity contribution in [2.45, 2.75) is 51.0 Å². The Morgan fingerprint density at radius 1 is 1.00 bits per heavy atom. The number of aliphatic hydroxyl groups is 1. The standard InChI is InChI=1S/C18H23NO/c20-18(14-7-4-2-1-3-5-8-14)16-10-11-17-15(13-16)9-6-12-19-17/h6,9-14,18,20H,1-5,7-8H2. The molecule has 1 atom stereocenters. The highest BCUT2D eigenvalue weighted by Gasteiger charge is 2.21. The number of nitrogens with zero attached hydrogens (tertiary/aromatic N) is 1. The number of aromatic nitrogens is 1. The van der Waals surface area contributed by atoms with Crippen LogP contribution in [0.4, 0.5) is 0 Å². The molecule has 0 amide bonds. The van der Waals surface area contributed by atoms with Gasteiger partial charge in [-0.15, -0.1) is 0 Å². The molecular weight excluding hydrogens is 246 g/mol. The zero-order valence-electron chi connectivity index (χ0n) is 12.0. The van der Waals surface area contributed by atoms with Gasteiger partial charge in [0.25, 0.3) is 0 Å². The van der Waals surface area contributed by atoms with Crippen molar-refractivity contribution in [3.05, 3.63) is 42.1 Å². The van der Waals surface area contributed by atoms with E-state index in [0.29, 0.717) is 5.92 Å². The zero-order chi connectivity index (χ0) is 13.8. The van der Waals surface area contributed by atoms with Gasteiger partial charge in [-0.1, -0.05) is 44.2 Å². The Morgan fingerprint density at radius 3 is 2.55 bits per heavy atom. The molecule has 3 rings (SSSR count). The minimum Gasteiger partial charge on any atom is -0.388 e. The smallest absolute Gasteiger partial charge is 0.0818 e. The average Bonchev–Trinajstić information content (AvgIpc) is 2.46. The van der Waals surface area contributed by atoms with E-state index in [1.165, 1.54) is 32.1 Å². The van der Waals surface area contributed by atoms with E-state index in [9.17, 15) is 5.11 Å². The average molecular weight is 269 g/mol. The maximum atomic E-state index is 10.7. The third-order valence-corrected chi connectivity index (χ3v) is 4.56. The Labute approximate surface area is 120 Å². The van der Waals surface area contributed by atoms with Gasteiger partial charge in [0, 0.05) is 11.6 Å². The van der Waals surface area contributed by atoms with E-state index in [1.54, 1.807) is 0 Å². The first kappa shape index (κ1) is 13.6. The van der Waals surface area contributed by atoms with Crippen LogP contribution >= 0.6 is 0 Å². The molecule has 106 valence electrons. The second-order valence-corrected chi connectivity index (χ2v) is 6.01. The van der Waals surface area contributed by atoms with E-state index in [1.807, 2.05) is 24.4 Å². The number of hydrogen-bond acceptors (Lipinski definition) is 2. The van der Waals surface area contributed by atoms with Gasteiger partial charge in [0.1, 0.15) is 0 Å². The predicted molar refractivity (Wildman–Crippen MR) is 82.5 cm³/mol. The Bertz CT molecular complexity index is 558. The Balaban J connectivity index is 1.81. The molecule has 0 radical (unpaired) electrons. The van der Waals surface area contributed by atoms with Gasteiger partial charge in [0.2, 0.25) is 0 Å². The highest BCUT2D eigenvalue weighted by molar-refractivity contribution is 5.79. The Kier molecular flexibility index (Phi) is 4.31. The minimum atomic E-state index is -0.322. The molecule has 2 nitrogen and oxygen atoms in total. The van der Waals surface area contributed by atoms with E-state index in [0.717, 1.165) is 29.3 Å². The molecule has 0 bridgehead atoms. The zero-order valence-corrected chi connectivity index (χ0v) is 12.0. The summed E-state index contributed by atoms with van der Waals surface area (Å²) in [5, 5.41) is 11.8. The topological polar surface area (TPSA) is 33.1 Å². The van der Waals surface area contributed by atoms with Gasteiger partial charge in [-0.3, -0.25) is 4.98 Å². The lowest BCUT2D eigenvalue weighted by Crippen LogP contribution is -2.14. The molecule has 2 aromatic rings. The van der Waals surface area contributed by atoms with E-state index in [4.69, 9.17) is 0 Å². The fourth-order valence-corrected chi connectivity index (χ4v) is 3.35. The normalized spacial score (nSPS) is 19.4. The molecule has 1 aromatic heterocycles. The van der Waals surface area contributed by atoms with Gasteiger partial charge in [-0.2, -0.15) is 0 Å². The van der Waals surface area contributed by atoms with Gasteiger partial charge >= 0.3 is 0 Å². The number of pyridine rings is 1. The first-order valence-electron chi connectivity index (χ1n) is 7.87. The molecule has 1 heterocycles. The Morgan fingerprint density at radius 2 is 1.75 bits per heavy atom. The van der Waals surface area contributed by atoms with E-state index >= 15 is 0 Å². The van der Waals surface area contributed by atoms with Crippen LogP contribution in [-0.2, 0) is 0 Å². The molecule has 2 heteroatoms. The van der Waals surface area contributed by atoms with Crippen molar-refractivity contribution in [3.63, 3.8) is 0 Å². The van der Waals surface area contributed by atoms with Crippen LogP contribution in [-0.4, -0.2) is 10.1 Å². The second-order valence-electron chi connectivity index (χ2n) is 6.01. The Hall–Kier alpha value is -1.41. The third-order valence-electron chi connectivity index (χ3n) is 4.56. The van der Waals surface area contributed by atoms with Crippen molar-refractivity contribution in [2.24, 2.45) is 5.92 Å². The number of aliphatic hydroxyl groups excluding tert-OH is 1. The summed E-state index contributed by atoms with van der Waals surface area (Å²) in [6.45, 7) is 0. The number of rotatable bonds is 2. The molecule has 1 aliphatic rings. The van der Waals surface area contributed by atoms with Crippen molar-refractivity contribution in [1.82, 2.24) is 4.98 Å². The summed E-state index contributed by atoms with van der Waals surface area (Å²) in [7, 11) is 0. The van der Waals surface area contributed by atoms with Crippen LogP contribution in [0.3, 0.4) is 0 Å². The molecule has 20 heavy (non-hydrogen) atoms. The summed E-state index contributed by atoms with van der Waals surface area (Å²) < 4.78 is 0. The first-order valence-corrected chi connectivity index (χ1v) is 7.87. The van der Waals surface area contributed by atoms with Crippen molar-refractivity contribution in [1.29, 1.82) is 0 Å². The molecule has 0 aliphatic heterocycles. The summed E-state index contributed by atoms with van der Waals surface area (Å²) in [6.07, 6.45) is 10.3. The van der Waals surface area contributed by atoms with Crippen LogP contribution in [0.25, 0.3) is 10.9 Å². The minimum absolute atomic E-state index is 0.322.